The van der Waals surface area contributed by atoms with E-state index in [9.17, 15) is 32.3 Å². The molecule has 1 fully saturated rings. The van der Waals surface area contributed by atoms with Crippen LogP contribution in [0.2, 0.25) is 0 Å². The number of rotatable bonds is 11. The van der Waals surface area contributed by atoms with Crippen molar-refractivity contribution in [3.05, 3.63) is 190 Å². The molecule has 0 unspecified atom stereocenters. The number of aryl methyl sites for hydroxylation is 4. The fraction of sp³-hybridized carbons (Fsp3) is 0.230. The standard InChI is InChI=1S/C33H36N8O2.C28H24F3N7O2/c1-22-6-5-7-24(18-22)31(42)35-27-9-8-23(2)29(19-27)41-21-25-20-34-32(37-30(25)39(4)33(41)43)36-26-10-12-28(13-11-26)40-16-14-38(3)15-17-40;1-16-7-9-21(34-25(39)18-5-4-6-20(11-18)28(29,30)31)12-23(16)38-15-19-13-33-26(36-24(19)37(3)27(38)40)35-22-10-8-17(2)32-14-22/h5-13,18-20H,14-17,21H2,1-4H3,(H,35,42)(H,34,36,37);4-14H,15H2,1-3H3,(H,34,39)(H,33,35,36). The number of hydrogen-bond acceptors (Lipinski definition) is 13. The van der Waals surface area contributed by atoms with E-state index in [1.54, 1.807) is 66.8 Å². The molecule has 0 spiro atoms. The minimum absolute atomic E-state index is 0.136. The van der Waals surface area contributed by atoms with Gasteiger partial charge in [-0.1, -0.05) is 35.9 Å². The summed E-state index contributed by atoms with van der Waals surface area (Å²) in [5, 5.41) is 12.0. The maximum absolute atomic E-state index is 13.6. The number of amides is 6. The van der Waals surface area contributed by atoms with E-state index < -0.39 is 17.6 Å². The van der Waals surface area contributed by atoms with Gasteiger partial charge in [-0.05, 0) is 137 Å². The van der Waals surface area contributed by atoms with E-state index in [0.29, 0.717) is 69.6 Å². The number of fused-ring (bicyclic) bond motifs is 2. The van der Waals surface area contributed by atoms with Gasteiger partial charge >= 0.3 is 18.2 Å². The van der Waals surface area contributed by atoms with Crippen LogP contribution in [0.3, 0.4) is 0 Å². The van der Waals surface area contributed by atoms with E-state index in [2.05, 4.69) is 70.2 Å². The first-order chi connectivity index (χ1) is 39.7. The number of piperazine rings is 1. The van der Waals surface area contributed by atoms with E-state index in [-0.39, 0.29) is 30.1 Å². The molecule has 1 saturated heterocycles. The van der Waals surface area contributed by atoms with Gasteiger partial charge in [0.25, 0.3) is 11.8 Å². The first-order valence-corrected chi connectivity index (χ1v) is 26.6. The number of alkyl halides is 3. The molecule has 5 aromatic carbocycles. The molecule has 3 aliphatic heterocycles. The molecule has 0 aliphatic carbocycles. The van der Waals surface area contributed by atoms with Crippen LogP contribution in [0.25, 0.3) is 0 Å². The van der Waals surface area contributed by atoms with Crippen LogP contribution in [0.4, 0.5) is 86.1 Å². The second-order valence-corrected chi connectivity index (χ2v) is 20.6. The molecule has 11 rings (SSSR count). The van der Waals surface area contributed by atoms with Crippen LogP contribution in [-0.2, 0) is 19.3 Å². The van der Waals surface area contributed by atoms with Crippen LogP contribution in [-0.4, -0.2) is 101 Å². The minimum atomic E-state index is -4.57. The van der Waals surface area contributed by atoms with Gasteiger partial charge in [0.1, 0.15) is 11.6 Å². The van der Waals surface area contributed by atoms with Crippen molar-refractivity contribution in [3.63, 3.8) is 0 Å². The molecule has 6 amide bonds. The lowest BCUT2D eigenvalue weighted by molar-refractivity contribution is -0.137. The number of nitrogens with zero attached hydrogens (tertiary/aromatic N) is 11. The summed E-state index contributed by atoms with van der Waals surface area (Å²) >= 11 is 0. The number of urea groups is 2. The molecule has 0 saturated carbocycles. The zero-order valence-electron chi connectivity index (χ0n) is 46.7. The molecule has 0 atom stereocenters. The predicted molar refractivity (Wildman–Crippen MR) is 317 cm³/mol. The lowest BCUT2D eigenvalue weighted by Crippen LogP contribution is -2.46. The van der Waals surface area contributed by atoms with Gasteiger partial charge in [0.05, 0.1) is 41.9 Å². The van der Waals surface area contributed by atoms with E-state index in [1.807, 2.05) is 88.4 Å². The van der Waals surface area contributed by atoms with E-state index in [0.717, 1.165) is 71.9 Å². The molecule has 19 nitrogen and oxygen atoms in total. The average molecular weight is 1120 g/mol. The Hall–Kier alpha value is -9.96. The summed E-state index contributed by atoms with van der Waals surface area (Å²) in [6.07, 6.45) is 0.494. The van der Waals surface area contributed by atoms with Gasteiger partial charge in [0.2, 0.25) is 11.9 Å². The highest BCUT2D eigenvalue weighted by Gasteiger charge is 2.34. The Bertz CT molecular complexity index is 3760. The fourth-order valence-electron chi connectivity index (χ4n) is 9.72. The Kier molecular flexibility index (Phi) is 16.0. The quantitative estimate of drug-likeness (QED) is 0.0954. The van der Waals surface area contributed by atoms with Gasteiger partial charge < -0.3 is 31.1 Å². The third kappa shape index (κ3) is 12.8. The van der Waals surface area contributed by atoms with Crippen molar-refractivity contribution in [1.82, 2.24) is 29.8 Å². The van der Waals surface area contributed by atoms with Gasteiger partial charge in [-0.2, -0.15) is 23.1 Å². The van der Waals surface area contributed by atoms with E-state index >= 15 is 0 Å². The first kappa shape index (κ1) is 56.3. The molecule has 4 N–H and O–H groups in total. The summed E-state index contributed by atoms with van der Waals surface area (Å²) < 4.78 is 39.2. The van der Waals surface area contributed by atoms with Crippen LogP contribution in [0.15, 0.2) is 140 Å². The van der Waals surface area contributed by atoms with Gasteiger partial charge in [-0.3, -0.25) is 34.2 Å². The highest BCUT2D eigenvalue weighted by Crippen LogP contribution is 2.36. The molecule has 0 bridgehead atoms. The normalized spacial score (nSPS) is 14.3. The predicted octanol–water partition coefficient (Wildman–Crippen LogP) is 11.5. The number of anilines is 11. The van der Waals surface area contributed by atoms with Crippen LogP contribution >= 0.6 is 0 Å². The first-order valence-electron chi connectivity index (χ1n) is 26.6. The van der Waals surface area contributed by atoms with Crippen molar-refractivity contribution in [2.24, 2.45) is 0 Å². The van der Waals surface area contributed by atoms with Gasteiger partial charge in [0, 0.05) is 103 Å². The third-order valence-electron chi connectivity index (χ3n) is 14.4. The van der Waals surface area contributed by atoms with Crippen molar-refractivity contribution in [2.75, 3.05) is 93.1 Å². The Labute approximate surface area is 477 Å². The zero-order chi connectivity index (χ0) is 58.7. The highest BCUT2D eigenvalue weighted by molar-refractivity contribution is 6.09. The smallest absolute Gasteiger partial charge is 0.369 e. The monoisotopic (exact) mass is 1120 g/mol. The van der Waals surface area contributed by atoms with Gasteiger partial charge in [-0.15, -0.1) is 0 Å². The fourth-order valence-corrected chi connectivity index (χ4v) is 9.72. The Morgan fingerprint density at radius 2 is 1.02 bits per heavy atom. The van der Waals surface area contributed by atoms with Gasteiger partial charge in [-0.25, -0.2) is 19.6 Å². The highest BCUT2D eigenvalue weighted by atomic mass is 19.4. The summed E-state index contributed by atoms with van der Waals surface area (Å²) in [5.41, 5.74) is 9.57. The summed E-state index contributed by atoms with van der Waals surface area (Å²) in [5.74, 6) is 0.850. The number of nitrogens with one attached hydrogen (secondary N) is 4. The maximum atomic E-state index is 13.6. The molecule has 424 valence electrons. The lowest BCUT2D eigenvalue weighted by atomic mass is 10.1. The third-order valence-corrected chi connectivity index (χ3v) is 14.4. The molecular formula is C61H60F3N15O4. The van der Waals surface area contributed by atoms with E-state index in [1.165, 1.54) is 27.6 Å². The molecule has 3 aliphatic rings. The van der Waals surface area contributed by atoms with Crippen molar-refractivity contribution in [3.8, 4) is 0 Å². The van der Waals surface area contributed by atoms with Gasteiger partial charge in [0.15, 0.2) is 0 Å². The average Bonchev–Trinajstić information content (AvgIpc) is 3.64. The van der Waals surface area contributed by atoms with Crippen LogP contribution in [0.5, 0.6) is 0 Å². The van der Waals surface area contributed by atoms with Crippen molar-refractivity contribution >= 4 is 87.2 Å². The number of carbonyl (C=O) groups is 4. The Morgan fingerprint density at radius 1 is 0.530 bits per heavy atom. The lowest BCUT2D eigenvalue weighted by Gasteiger charge is -2.35. The van der Waals surface area contributed by atoms with Crippen molar-refractivity contribution in [1.29, 1.82) is 0 Å². The molecule has 22 heteroatoms. The number of hydrogen-bond donors (Lipinski definition) is 4. The van der Waals surface area contributed by atoms with Crippen molar-refractivity contribution in [2.45, 2.75) is 47.0 Å². The number of aromatic nitrogens is 5. The number of benzene rings is 5. The number of likely N-dealkylation sites (N-methyl/N-ethyl adjacent to an activating group) is 1. The summed E-state index contributed by atoms with van der Waals surface area (Å²) in [7, 11) is 5.47. The zero-order valence-corrected chi connectivity index (χ0v) is 46.7. The molecule has 6 heterocycles. The molecule has 0 radical (unpaired) electrons. The van der Waals surface area contributed by atoms with Crippen LogP contribution in [0, 0.1) is 27.7 Å². The Morgan fingerprint density at radius 3 is 1.53 bits per heavy atom. The molecule has 3 aromatic heterocycles. The van der Waals surface area contributed by atoms with Crippen LogP contribution < -0.4 is 45.8 Å². The number of carbonyl (C=O) groups excluding carboxylic acids is 4. The molecule has 8 aromatic rings. The summed E-state index contributed by atoms with van der Waals surface area (Å²) in [6.45, 7) is 12.2. The number of halogens is 3. The summed E-state index contributed by atoms with van der Waals surface area (Å²) in [6, 6.07) is 33.6. The van der Waals surface area contributed by atoms with E-state index in [4.69, 9.17) is 4.98 Å². The Balaban J connectivity index is 0.000000186. The maximum Gasteiger partial charge on any atom is 0.416 e. The van der Waals surface area contributed by atoms with Crippen LogP contribution in [0.1, 0.15) is 59.8 Å². The summed E-state index contributed by atoms with van der Waals surface area (Å²) in [4.78, 5) is 85.9. The topological polar surface area (TPSA) is 200 Å². The van der Waals surface area contributed by atoms with Crippen molar-refractivity contribution < 1.29 is 32.3 Å². The second-order valence-electron chi connectivity index (χ2n) is 20.6. The second kappa shape index (κ2) is 23.6. The molecular weight excluding hydrogens is 1060 g/mol. The molecule has 83 heavy (non-hydrogen) atoms. The minimum Gasteiger partial charge on any atom is -0.369 e. The SMILES string of the molecule is Cc1ccc(Nc2ncc3c(n2)N(C)C(=O)N(c2cc(NC(=O)c4cccc(C(F)(F)F)c4)ccc2C)C3)cn1.Cc1cccc(C(=O)Nc2ccc(C)c(N3Cc4cnc(Nc5ccc(N6CCN(C)CC6)cc5)nc4N(C)C3=O)c2)c1. The number of pyridine rings is 1. The largest absolute Gasteiger partial charge is 0.416 e.